The average Bonchev–Trinajstić information content (AvgIpc) is 3.05. The van der Waals surface area contributed by atoms with Gasteiger partial charge in [0.25, 0.3) is 0 Å². The predicted molar refractivity (Wildman–Crippen MR) is 179 cm³/mol. The van der Waals surface area contributed by atoms with Crippen LogP contribution in [0.1, 0.15) is 46.2 Å². The van der Waals surface area contributed by atoms with Crippen molar-refractivity contribution >= 4 is 5.69 Å². The minimum Gasteiger partial charge on any atom is -0.364 e. The van der Waals surface area contributed by atoms with E-state index in [1.54, 1.807) is 12.3 Å². The van der Waals surface area contributed by atoms with Gasteiger partial charge in [-0.1, -0.05) is 17.7 Å². The lowest BCUT2D eigenvalue weighted by Crippen LogP contribution is -2.44. The number of piperidine rings is 1. The molecule has 3 heterocycles. The molecule has 2 aromatic heterocycles. The summed E-state index contributed by atoms with van der Waals surface area (Å²) in [4.78, 5) is 14.2. The van der Waals surface area contributed by atoms with Gasteiger partial charge >= 0.3 is 0 Å². The highest BCUT2D eigenvalue weighted by molar-refractivity contribution is 5.63. The van der Waals surface area contributed by atoms with Crippen molar-refractivity contribution in [2.75, 3.05) is 18.0 Å². The fourth-order valence-corrected chi connectivity index (χ4v) is 6.31. The largest absolute Gasteiger partial charge is 0.364 e. The standard InChI is InChI=1S/C39H40F2N4/c1-26-5-8-34(9-6-26)45(25-31-12-16-42-38(22-31)32-7-10-36(40)37(41)23-32)35-13-17-44(18-14-35)24-30-11-15-43-39(21-30)33-19-27(2)29(4)28(3)20-33/h5-12,15-16,19-23,35H,13-14,17-18,24-25H2,1-4H3. The number of halogens is 2. The molecule has 6 heteroatoms. The molecule has 5 aromatic rings. The summed E-state index contributed by atoms with van der Waals surface area (Å²) in [6, 6.07) is 25.9. The number of nitrogens with zero attached hydrogens (tertiary/aromatic N) is 4. The Hall–Kier alpha value is -4.42. The van der Waals surface area contributed by atoms with Crippen molar-refractivity contribution in [3.63, 3.8) is 0 Å². The molecule has 0 unspecified atom stereocenters. The van der Waals surface area contributed by atoms with Crippen LogP contribution in [-0.2, 0) is 13.1 Å². The van der Waals surface area contributed by atoms with Crippen LogP contribution >= 0.6 is 0 Å². The number of pyridine rings is 2. The van der Waals surface area contributed by atoms with Gasteiger partial charge in [-0.25, -0.2) is 8.78 Å². The van der Waals surface area contributed by atoms with Crippen LogP contribution in [0.25, 0.3) is 22.5 Å². The van der Waals surface area contributed by atoms with E-state index >= 15 is 0 Å². The second-order valence-corrected chi connectivity index (χ2v) is 12.4. The first kappa shape index (κ1) is 30.6. The van der Waals surface area contributed by atoms with E-state index in [4.69, 9.17) is 4.98 Å². The van der Waals surface area contributed by atoms with E-state index in [1.807, 2.05) is 18.3 Å². The Balaban J connectivity index is 1.17. The zero-order valence-corrected chi connectivity index (χ0v) is 26.5. The van der Waals surface area contributed by atoms with Crippen molar-refractivity contribution in [3.8, 4) is 22.5 Å². The van der Waals surface area contributed by atoms with E-state index in [-0.39, 0.29) is 0 Å². The molecule has 0 amide bonds. The second kappa shape index (κ2) is 13.3. The van der Waals surface area contributed by atoms with Gasteiger partial charge in [0.2, 0.25) is 0 Å². The van der Waals surface area contributed by atoms with Gasteiger partial charge in [0.05, 0.1) is 11.4 Å². The maximum absolute atomic E-state index is 14.0. The van der Waals surface area contributed by atoms with Gasteiger partial charge in [-0.3, -0.25) is 14.9 Å². The minimum absolute atomic E-state index is 0.371. The maximum atomic E-state index is 14.0. The molecule has 1 saturated heterocycles. The molecule has 0 radical (unpaired) electrons. The molecular weight excluding hydrogens is 562 g/mol. The van der Waals surface area contributed by atoms with Crippen LogP contribution in [-0.4, -0.2) is 34.0 Å². The smallest absolute Gasteiger partial charge is 0.159 e. The minimum atomic E-state index is -0.865. The number of rotatable bonds is 8. The summed E-state index contributed by atoms with van der Waals surface area (Å²) in [5.41, 5.74) is 12.1. The Morgan fingerprint density at radius 3 is 1.98 bits per heavy atom. The van der Waals surface area contributed by atoms with Crippen molar-refractivity contribution < 1.29 is 8.78 Å². The molecule has 1 aliphatic heterocycles. The van der Waals surface area contributed by atoms with Gasteiger partial charge in [0, 0.05) is 61.4 Å². The lowest BCUT2D eigenvalue weighted by atomic mass is 9.98. The molecule has 0 bridgehead atoms. The topological polar surface area (TPSA) is 32.3 Å². The fourth-order valence-electron chi connectivity index (χ4n) is 6.31. The molecule has 6 rings (SSSR count). The Bertz CT molecular complexity index is 1770. The quantitative estimate of drug-likeness (QED) is 0.177. The number of likely N-dealkylation sites (tertiary alicyclic amines) is 1. The average molecular weight is 603 g/mol. The van der Waals surface area contributed by atoms with Crippen molar-refractivity contribution in [1.29, 1.82) is 0 Å². The number of hydrogen-bond donors (Lipinski definition) is 0. The van der Waals surface area contributed by atoms with Crippen LogP contribution in [0.3, 0.4) is 0 Å². The van der Waals surface area contributed by atoms with Crippen LogP contribution < -0.4 is 4.90 Å². The number of benzene rings is 3. The molecule has 3 aromatic carbocycles. The molecule has 45 heavy (non-hydrogen) atoms. The van der Waals surface area contributed by atoms with Gasteiger partial charge in [-0.2, -0.15) is 0 Å². The molecule has 0 saturated carbocycles. The summed E-state index contributed by atoms with van der Waals surface area (Å²) in [6.07, 6.45) is 5.78. The molecule has 1 fully saturated rings. The summed E-state index contributed by atoms with van der Waals surface area (Å²) < 4.78 is 27.5. The predicted octanol–water partition coefficient (Wildman–Crippen LogP) is 8.99. The summed E-state index contributed by atoms with van der Waals surface area (Å²) in [6.45, 7) is 12.2. The lowest BCUT2D eigenvalue weighted by Gasteiger charge is -2.40. The first-order valence-electron chi connectivity index (χ1n) is 15.7. The normalized spacial score (nSPS) is 14.1. The summed E-state index contributed by atoms with van der Waals surface area (Å²) >= 11 is 0. The van der Waals surface area contributed by atoms with Crippen molar-refractivity contribution in [1.82, 2.24) is 14.9 Å². The van der Waals surface area contributed by atoms with Crippen LogP contribution in [0.4, 0.5) is 14.5 Å². The van der Waals surface area contributed by atoms with Gasteiger partial charge in [0.1, 0.15) is 0 Å². The van der Waals surface area contributed by atoms with E-state index in [0.29, 0.717) is 23.8 Å². The van der Waals surface area contributed by atoms with E-state index in [2.05, 4.69) is 91.0 Å². The van der Waals surface area contributed by atoms with E-state index < -0.39 is 11.6 Å². The van der Waals surface area contributed by atoms with Crippen molar-refractivity contribution in [2.45, 2.75) is 59.7 Å². The lowest BCUT2D eigenvalue weighted by molar-refractivity contribution is 0.201. The van der Waals surface area contributed by atoms with Crippen LogP contribution in [0, 0.1) is 39.3 Å². The molecule has 230 valence electrons. The van der Waals surface area contributed by atoms with Crippen LogP contribution in [0.2, 0.25) is 0 Å². The first-order chi connectivity index (χ1) is 21.7. The number of hydrogen-bond acceptors (Lipinski definition) is 4. The van der Waals surface area contributed by atoms with Gasteiger partial charge in [0.15, 0.2) is 11.6 Å². The van der Waals surface area contributed by atoms with Crippen molar-refractivity contribution in [2.24, 2.45) is 0 Å². The monoisotopic (exact) mass is 602 g/mol. The number of aromatic nitrogens is 2. The number of anilines is 1. The van der Waals surface area contributed by atoms with Crippen LogP contribution in [0.15, 0.2) is 91.3 Å². The van der Waals surface area contributed by atoms with Crippen LogP contribution in [0.5, 0.6) is 0 Å². The highest BCUT2D eigenvalue weighted by Gasteiger charge is 2.26. The molecular formula is C39H40F2N4. The highest BCUT2D eigenvalue weighted by Crippen LogP contribution is 2.29. The zero-order valence-electron chi connectivity index (χ0n) is 26.5. The summed E-state index contributed by atoms with van der Waals surface area (Å²) in [5.74, 6) is -1.72. The molecule has 0 aliphatic carbocycles. The third-order valence-corrected chi connectivity index (χ3v) is 9.21. The molecule has 0 N–H and O–H groups in total. The third-order valence-electron chi connectivity index (χ3n) is 9.21. The number of aryl methyl sites for hydroxylation is 3. The second-order valence-electron chi connectivity index (χ2n) is 12.4. The Morgan fingerprint density at radius 1 is 0.689 bits per heavy atom. The molecule has 0 atom stereocenters. The first-order valence-corrected chi connectivity index (χ1v) is 15.7. The summed E-state index contributed by atoms with van der Waals surface area (Å²) in [5, 5.41) is 0. The van der Waals surface area contributed by atoms with E-state index in [9.17, 15) is 8.78 Å². The Labute approximate surface area is 265 Å². The van der Waals surface area contributed by atoms with Gasteiger partial charge in [-0.05, 0) is 135 Å². The summed E-state index contributed by atoms with van der Waals surface area (Å²) in [7, 11) is 0. The molecule has 4 nitrogen and oxygen atoms in total. The third kappa shape index (κ3) is 7.12. The SMILES string of the molecule is Cc1ccc(N(Cc2ccnc(-c3ccc(F)c(F)c3)c2)C2CCN(Cc3ccnc(-c4cc(C)c(C)c(C)c4)c3)CC2)cc1. The Morgan fingerprint density at radius 2 is 1.31 bits per heavy atom. The highest BCUT2D eigenvalue weighted by atomic mass is 19.2. The van der Waals surface area contributed by atoms with E-state index in [0.717, 1.165) is 49.8 Å². The molecule has 0 spiro atoms. The maximum Gasteiger partial charge on any atom is 0.159 e. The van der Waals surface area contributed by atoms with Crippen molar-refractivity contribution in [3.05, 3.63) is 136 Å². The zero-order chi connectivity index (χ0) is 31.5. The van der Waals surface area contributed by atoms with E-state index in [1.165, 1.54) is 45.1 Å². The Kier molecular flexibility index (Phi) is 9.04. The fraction of sp³-hybridized carbons (Fsp3) is 0.282. The van der Waals surface area contributed by atoms with Gasteiger partial charge in [-0.15, -0.1) is 0 Å². The molecule has 1 aliphatic rings. The van der Waals surface area contributed by atoms with Gasteiger partial charge < -0.3 is 4.90 Å².